The van der Waals surface area contributed by atoms with Gasteiger partial charge in [-0.1, -0.05) is 0 Å². The van der Waals surface area contributed by atoms with Crippen LogP contribution in [-0.4, -0.2) is 42.5 Å². The van der Waals surface area contributed by atoms with Gasteiger partial charge in [-0.2, -0.15) is 0 Å². The fourth-order valence-electron chi connectivity index (χ4n) is 2.64. The molecule has 0 spiro atoms. The summed E-state index contributed by atoms with van der Waals surface area (Å²) in [6, 6.07) is 5.77. The molecule has 1 atom stereocenters. The van der Waals surface area contributed by atoms with E-state index < -0.39 is 0 Å². The molecule has 100 valence electrons. The molecular formula is C14H17N3OS. The molecule has 1 aromatic heterocycles. The van der Waals surface area contributed by atoms with E-state index in [1.807, 2.05) is 35.7 Å². The number of amides is 1. The van der Waals surface area contributed by atoms with Crippen LogP contribution in [0.3, 0.4) is 0 Å². The van der Waals surface area contributed by atoms with Crippen molar-refractivity contribution in [2.45, 2.75) is 6.42 Å². The number of nitrogens with one attached hydrogen (secondary N) is 1. The monoisotopic (exact) mass is 275 g/mol. The summed E-state index contributed by atoms with van der Waals surface area (Å²) in [7, 11) is 1.96. The Hall–Kier alpha value is -1.46. The standard InChI is InChI=1S/C14H17N3OS/c1-15-7-10-4-5-17(8-10)14(18)11-2-3-12-13(6-11)19-9-16-12/h2-3,6,9-10,15H,4-5,7-8H2,1H3. The zero-order valence-corrected chi connectivity index (χ0v) is 11.7. The molecule has 2 aromatic rings. The smallest absolute Gasteiger partial charge is 0.253 e. The lowest BCUT2D eigenvalue weighted by atomic mass is 10.1. The summed E-state index contributed by atoms with van der Waals surface area (Å²) in [6.07, 6.45) is 1.09. The predicted molar refractivity (Wildman–Crippen MR) is 77.6 cm³/mol. The maximum absolute atomic E-state index is 12.5. The van der Waals surface area contributed by atoms with Crippen molar-refractivity contribution >= 4 is 27.5 Å². The number of hydrogen-bond acceptors (Lipinski definition) is 4. The first-order valence-corrected chi connectivity index (χ1v) is 7.43. The van der Waals surface area contributed by atoms with Gasteiger partial charge in [0.05, 0.1) is 15.7 Å². The van der Waals surface area contributed by atoms with Crippen LogP contribution in [0.2, 0.25) is 0 Å². The zero-order valence-electron chi connectivity index (χ0n) is 10.9. The fraction of sp³-hybridized carbons (Fsp3) is 0.429. The van der Waals surface area contributed by atoms with Gasteiger partial charge in [0, 0.05) is 18.7 Å². The fourth-order valence-corrected chi connectivity index (χ4v) is 3.36. The number of likely N-dealkylation sites (tertiary alicyclic amines) is 1. The topological polar surface area (TPSA) is 45.2 Å². The van der Waals surface area contributed by atoms with Gasteiger partial charge in [-0.15, -0.1) is 11.3 Å². The van der Waals surface area contributed by atoms with E-state index >= 15 is 0 Å². The van der Waals surface area contributed by atoms with Crippen LogP contribution >= 0.6 is 11.3 Å². The van der Waals surface area contributed by atoms with Gasteiger partial charge in [0.2, 0.25) is 0 Å². The summed E-state index contributed by atoms with van der Waals surface area (Å²) >= 11 is 1.58. The van der Waals surface area contributed by atoms with Crippen LogP contribution < -0.4 is 5.32 Å². The highest BCUT2D eigenvalue weighted by Gasteiger charge is 2.26. The average molecular weight is 275 g/mol. The number of nitrogens with zero attached hydrogens (tertiary/aromatic N) is 2. The molecule has 0 aliphatic carbocycles. The number of rotatable bonds is 3. The van der Waals surface area contributed by atoms with E-state index in [1.54, 1.807) is 11.3 Å². The van der Waals surface area contributed by atoms with Crippen molar-refractivity contribution in [3.05, 3.63) is 29.3 Å². The van der Waals surface area contributed by atoms with Crippen LogP contribution in [0.25, 0.3) is 10.2 Å². The molecule has 3 rings (SSSR count). The minimum absolute atomic E-state index is 0.147. The van der Waals surface area contributed by atoms with Crippen molar-refractivity contribution < 1.29 is 4.79 Å². The van der Waals surface area contributed by atoms with Crippen molar-refractivity contribution in [1.29, 1.82) is 0 Å². The van der Waals surface area contributed by atoms with Gasteiger partial charge in [-0.05, 0) is 44.1 Å². The number of thiazole rings is 1. The molecule has 19 heavy (non-hydrogen) atoms. The maximum Gasteiger partial charge on any atom is 0.253 e. The average Bonchev–Trinajstić information content (AvgIpc) is 3.05. The first kappa shape index (κ1) is 12.6. The lowest BCUT2D eigenvalue weighted by Gasteiger charge is -2.16. The SMILES string of the molecule is CNCC1CCN(C(=O)c2ccc3ncsc3c2)C1. The molecule has 1 aliphatic rings. The van der Waals surface area contributed by atoms with E-state index in [9.17, 15) is 4.79 Å². The van der Waals surface area contributed by atoms with Crippen LogP contribution in [0.5, 0.6) is 0 Å². The van der Waals surface area contributed by atoms with E-state index in [-0.39, 0.29) is 5.91 Å². The second kappa shape index (κ2) is 5.27. The lowest BCUT2D eigenvalue weighted by molar-refractivity contribution is 0.0787. The molecule has 1 aromatic carbocycles. The molecule has 5 heteroatoms. The summed E-state index contributed by atoms with van der Waals surface area (Å²) in [4.78, 5) is 18.7. The molecule has 1 unspecified atom stereocenters. The highest BCUT2D eigenvalue weighted by molar-refractivity contribution is 7.16. The van der Waals surface area contributed by atoms with Crippen molar-refractivity contribution in [1.82, 2.24) is 15.2 Å². The first-order valence-electron chi connectivity index (χ1n) is 6.55. The maximum atomic E-state index is 12.5. The molecule has 1 saturated heterocycles. The highest BCUT2D eigenvalue weighted by atomic mass is 32.1. The van der Waals surface area contributed by atoms with Crippen molar-refractivity contribution in [3.8, 4) is 0 Å². The molecule has 1 fully saturated rings. The highest BCUT2D eigenvalue weighted by Crippen LogP contribution is 2.22. The van der Waals surface area contributed by atoms with E-state index in [4.69, 9.17) is 0 Å². The third kappa shape index (κ3) is 2.48. The number of aromatic nitrogens is 1. The normalized spacial score (nSPS) is 19.2. The molecule has 0 bridgehead atoms. The minimum Gasteiger partial charge on any atom is -0.338 e. The predicted octanol–water partition coefficient (Wildman–Crippen LogP) is 1.98. The van der Waals surface area contributed by atoms with Gasteiger partial charge < -0.3 is 10.2 Å². The van der Waals surface area contributed by atoms with E-state index in [2.05, 4.69) is 10.3 Å². The zero-order chi connectivity index (χ0) is 13.2. The lowest BCUT2D eigenvalue weighted by Crippen LogP contribution is -2.30. The quantitative estimate of drug-likeness (QED) is 0.931. The van der Waals surface area contributed by atoms with Crippen molar-refractivity contribution in [2.75, 3.05) is 26.7 Å². The molecule has 1 aliphatic heterocycles. The Morgan fingerprint density at radius 1 is 1.58 bits per heavy atom. The van der Waals surface area contributed by atoms with Gasteiger partial charge in [0.1, 0.15) is 0 Å². The Morgan fingerprint density at radius 2 is 2.47 bits per heavy atom. The van der Waals surface area contributed by atoms with Crippen LogP contribution in [-0.2, 0) is 0 Å². The van der Waals surface area contributed by atoms with Gasteiger partial charge in [-0.3, -0.25) is 4.79 Å². The van der Waals surface area contributed by atoms with Crippen LogP contribution in [0.15, 0.2) is 23.7 Å². The minimum atomic E-state index is 0.147. The molecule has 1 amide bonds. The number of carbonyl (C=O) groups is 1. The van der Waals surface area contributed by atoms with Gasteiger partial charge in [0.25, 0.3) is 5.91 Å². The van der Waals surface area contributed by atoms with Crippen LogP contribution in [0.4, 0.5) is 0 Å². The molecule has 0 radical (unpaired) electrons. The number of fused-ring (bicyclic) bond motifs is 1. The van der Waals surface area contributed by atoms with Crippen molar-refractivity contribution in [3.63, 3.8) is 0 Å². The van der Waals surface area contributed by atoms with Gasteiger partial charge >= 0.3 is 0 Å². The third-order valence-electron chi connectivity index (χ3n) is 3.64. The van der Waals surface area contributed by atoms with Crippen LogP contribution in [0, 0.1) is 5.92 Å². The van der Waals surface area contributed by atoms with Crippen LogP contribution in [0.1, 0.15) is 16.8 Å². The number of carbonyl (C=O) groups excluding carboxylic acids is 1. The van der Waals surface area contributed by atoms with Gasteiger partial charge in [-0.25, -0.2) is 4.98 Å². The molecule has 4 nitrogen and oxygen atoms in total. The summed E-state index contributed by atoms with van der Waals surface area (Å²) in [5.74, 6) is 0.731. The molecule has 2 heterocycles. The number of benzene rings is 1. The Labute approximate surface area is 116 Å². The van der Waals surface area contributed by atoms with Gasteiger partial charge in [0.15, 0.2) is 0 Å². The Bertz CT molecular complexity index is 595. The second-order valence-electron chi connectivity index (χ2n) is 5.00. The van der Waals surface area contributed by atoms with E-state index in [1.165, 1.54) is 0 Å². The number of hydrogen-bond donors (Lipinski definition) is 1. The first-order chi connectivity index (χ1) is 9.28. The molecular weight excluding hydrogens is 258 g/mol. The third-order valence-corrected chi connectivity index (χ3v) is 4.44. The Balaban J connectivity index is 1.76. The van der Waals surface area contributed by atoms with E-state index in [0.717, 1.165) is 41.8 Å². The molecule has 1 N–H and O–H groups in total. The summed E-state index contributed by atoms with van der Waals surface area (Å²) in [5.41, 5.74) is 3.57. The summed E-state index contributed by atoms with van der Waals surface area (Å²) in [5, 5.41) is 3.19. The summed E-state index contributed by atoms with van der Waals surface area (Å²) < 4.78 is 1.08. The summed E-state index contributed by atoms with van der Waals surface area (Å²) in [6.45, 7) is 2.71. The largest absolute Gasteiger partial charge is 0.338 e. The Kier molecular flexibility index (Phi) is 3.48. The Morgan fingerprint density at radius 3 is 3.32 bits per heavy atom. The van der Waals surface area contributed by atoms with Crippen molar-refractivity contribution in [2.24, 2.45) is 5.92 Å². The molecule has 0 saturated carbocycles. The van der Waals surface area contributed by atoms with E-state index in [0.29, 0.717) is 5.92 Å². The second-order valence-corrected chi connectivity index (χ2v) is 5.88.